The van der Waals surface area contributed by atoms with E-state index in [0.717, 1.165) is 37.6 Å². The van der Waals surface area contributed by atoms with E-state index >= 15 is 0 Å². The Bertz CT molecular complexity index is 749. The summed E-state index contributed by atoms with van der Waals surface area (Å²) in [6.45, 7) is 6.39. The number of carbonyl (C=O) groups excluding carboxylic acids is 1. The van der Waals surface area contributed by atoms with Crippen LogP contribution in [0.1, 0.15) is 54.9 Å². The van der Waals surface area contributed by atoms with Crippen LogP contribution < -0.4 is 0 Å². The molecule has 5 heteroatoms. The van der Waals surface area contributed by atoms with Crippen molar-refractivity contribution in [3.8, 4) is 0 Å². The van der Waals surface area contributed by atoms with E-state index in [-0.39, 0.29) is 11.8 Å². The molecule has 5 nitrogen and oxygen atoms in total. The Balaban J connectivity index is 1.55. The number of aryl methyl sites for hydroxylation is 1. The minimum absolute atomic E-state index is 0.0187. The van der Waals surface area contributed by atoms with E-state index in [4.69, 9.17) is 0 Å². The third-order valence-electron chi connectivity index (χ3n) is 5.04. The molecular formula is C18H22N4O. The van der Waals surface area contributed by atoms with E-state index in [1.54, 1.807) is 0 Å². The standard InChI is InChI=1S/C18H22N4O/c1-12(2)17-20-19-16-11-21(9-10-22(16)17)18(23)15-8-7-13-5-3-4-6-14(13)15/h3-6,12,15H,7-11H2,1-2H3/t15-/m0/s1. The minimum atomic E-state index is 0.0187. The number of benzene rings is 1. The predicted molar refractivity (Wildman–Crippen MR) is 87.0 cm³/mol. The second-order valence-corrected chi connectivity index (χ2v) is 6.83. The van der Waals surface area contributed by atoms with Gasteiger partial charge in [0.2, 0.25) is 5.91 Å². The number of hydrogen-bond donors (Lipinski definition) is 0. The number of carbonyl (C=O) groups is 1. The van der Waals surface area contributed by atoms with E-state index in [1.807, 2.05) is 11.0 Å². The van der Waals surface area contributed by atoms with Gasteiger partial charge in [-0.2, -0.15) is 0 Å². The van der Waals surface area contributed by atoms with E-state index in [1.165, 1.54) is 11.1 Å². The molecular weight excluding hydrogens is 288 g/mol. The van der Waals surface area contributed by atoms with Crippen molar-refractivity contribution in [2.45, 2.75) is 51.6 Å². The van der Waals surface area contributed by atoms with Crippen molar-refractivity contribution < 1.29 is 4.79 Å². The lowest BCUT2D eigenvalue weighted by Gasteiger charge is -2.30. The summed E-state index contributed by atoms with van der Waals surface area (Å²) in [6, 6.07) is 8.34. The van der Waals surface area contributed by atoms with Gasteiger partial charge in [-0.25, -0.2) is 0 Å². The monoisotopic (exact) mass is 310 g/mol. The Labute approximate surface area is 136 Å². The smallest absolute Gasteiger partial charge is 0.230 e. The zero-order chi connectivity index (χ0) is 16.0. The van der Waals surface area contributed by atoms with Gasteiger partial charge in [0.1, 0.15) is 5.82 Å². The first-order chi connectivity index (χ1) is 11.1. The van der Waals surface area contributed by atoms with Gasteiger partial charge in [-0.05, 0) is 24.0 Å². The van der Waals surface area contributed by atoms with Crippen molar-refractivity contribution in [2.24, 2.45) is 0 Å². The predicted octanol–water partition coefficient (Wildman–Crippen LogP) is 2.47. The Morgan fingerprint density at radius 1 is 1.22 bits per heavy atom. The first-order valence-corrected chi connectivity index (χ1v) is 8.43. The van der Waals surface area contributed by atoms with Crippen molar-refractivity contribution in [1.29, 1.82) is 0 Å². The van der Waals surface area contributed by atoms with Crippen LogP contribution in [0.4, 0.5) is 0 Å². The largest absolute Gasteiger partial charge is 0.333 e. The van der Waals surface area contributed by atoms with Crippen molar-refractivity contribution in [3.05, 3.63) is 47.0 Å². The molecule has 4 rings (SSSR count). The molecule has 120 valence electrons. The second kappa shape index (κ2) is 5.48. The summed E-state index contributed by atoms with van der Waals surface area (Å²) in [4.78, 5) is 14.9. The van der Waals surface area contributed by atoms with Gasteiger partial charge in [-0.15, -0.1) is 10.2 Å². The molecule has 0 unspecified atom stereocenters. The third kappa shape index (κ3) is 2.35. The molecule has 0 saturated carbocycles. The van der Waals surface area contributed by atoms with Crippen molar-refractivity contribution in [2.75, 3.05) is 6.54 Å². The second-order valence-electron chi connectivity index (χ2n) is 6.83. The van der Waals surface area contributed by atoms with Gasteiger partial charge in [0.05, 0.1) is 12.5 Å². The summed E-state index contributed by atoms with van der Waals surface area (Å²) < 4.78 is 2.18. The Morgan fingerprint density at radius 3 is 2.87 bits per heavy atom. The highest BCUT2D eigenvalue weighted by Gasteiger charge is 2.34. The molecule has 0 saturated heterocycles. The van der Waals surface area contributed by atoms with Gasteiger partial charge in [0, 0.05) is 19.0 Å². The fraction of sp³-hybridized carbons (Fsp3) is 0.500. The summed E-state index contributed by atoms with van der Waals surface area (Å²) in [5.41, 5.74) is 2.54. The fourth-order valence-electron chi connectivity index (χ4n) is 3.83. The third-order valence-corrected chi connectivity index (χ3v) is 5.04. The van der Waals surface area contributed by atoms with Gasteiger partial charge in [0.15, 0.2) is 5.82 Å². The van der Waals surface area contributed by atoms with E-state index in [0.29, 0.717) is 12.5 Å². The van der Waals surface area contributed by atoms with Crippen LogP contribution in [0.25, 0.3) is 0 Å². The first kappa shape index (κ1) is 14.4. The highest BCUT2D eigenvalue weighted by Crippen LogP contribution is 2.35. The molecule has 2 aliphatic rings. The lowest BCUT2D eigenvalue weighted by molar-refractivity contribution is -0.134. The summed E-state index contributed by atoms with van der Waals surface area (Å²) in [5.74, 6) is 2.57. The first-order valence-electron chi connectivity index (χ1n) is 8.43. The van der Waals surface area contributed by atoms with Gasteiger partial charge >= 0.3 is 0 Å². The molecule has 23 heavy (non-hydrogen) atoms. The zero-order valence-corrected chi connectivity index (χ0v) is 13.7. The molecule has 0 spiro atoms. The van der Waals surface area contributed by atoms with Gasteiger partial charge in [-0.1, -0.05) is 38.1 Å². The molecule has 0 radical (unpaired) electrons. The average Bonchev–Trinajstić information content (AvgIpc) is 3.17. The SMILES string of the molecule is CC(C)c1nnc2n1CCN(C(=O)[C@H]1CCc3ccccc31)C2. The highest BCUT2D eigenvalue weighted by atomic mass is 16.2. The molecule has 1 amide bonds. The molecule has 1 atom stereocenters. The normalized spacial score (nSPS) is 19.8. The van der Waals surface area contributed by atoms with Crippen LogP contribution in [-0.2, 0) is 24.3 Å². The van der Waals surface area contributed by atoms with Crippen LogP contribution >= 0.6 is 0 Å². The Morgan fingerprint density at radius 2 is 2.04 bits per heavy atom. The summed E-state index contributed by atoms with van der Waals surface area (Å²) in [7, 11) is 0. The minimum Gasteiger partial charge on any atom is -0.333 e. The van der Waals surface area contributed by atoms with Gasteiger partial charge < -0.3 is 9.47 Å². The Hall–Kier alpha value is -2.17. The van der Waals surface area contributed by atoms with E-state index in [2.05, 4.69) is 46.8 Å². The van der Waals surface area contributed by atoms with Crippen LogP contribution in [0.15, 0.2) is 24.3 Å². The summed E-state index contributed by atoms with van der Waals surface area (Å²) in [6.07, 6.45) is 1.94. The van der Waals surface area contributed by atoms with Crippen molar-refractivity contribution in [3.63, 3.8) is 0 Å². The Kier molecular flexibility index (Phi) is 3.43. The maximum atomic E-state index is 13.0. The zero-order valence-electron chi connectivity index (χ0n) is 13.7. The van der Waals surface area contributed by atoms with Crippen LogP contribution in [0.5, 0.6) is 0 Å². The number of nitrogens with zero attached hydrogens (tertiary/aromatic N) is 4. The van der Waals surface area contributed by atoms with Crippen molar-refractivity contribution in [1.82, 2.24) is 19.7 Å². The molecule has 2 heterocycles. The van der Waals surface area contributed by atoms with Crippen molar-refractivity contribution >= 4 is 5.91 Å². The maximum absolute atomic E-state index is 13.0. The van der Waals surface area contributed by atoms with E-state index < -0.39 is 0 Å². The molecule has 1 aliphatic heterocycles. The molecule has 2 aromatic rings. The van der Waals surface area contributed by atoms with E-state index in [9.17, 15) is 4.79 Å². The van der Waals surface area contributed by atoms with Crippen LogP contribution in [-0.4, -0.2) is 32.1 Å². The molecule has 1 aromatic carbocycles. The van der Waals surface area contributed by atoms with Gasteiger partial charge in [0.25, 0.3) is 0 Å². The van der Waals surface area contributed by atoms with Gasteiger partial charge in [-0.3, -0.25) is 4.79 Å². The molecule has 1 aliphatic carbocycles. The van der Waals surface area contributed by atoms with Crippen LogP contribution in [0.3, 0.4) is 0 Å². The number of amides is 1. The van der Waals surface area contributed by atoms with Crippen LogP contribution in [0.2, 0.25) is 0 Å². The number of hydrogen-bond acceptors (Lipinski definition) is 3. The molecule has 1 aromatic heterocycles. The number of fused-ring (bicyclic) bond motifs is 2. The average molecular weight is 310 g/mol. The fourth-order valence-corrected chi connectivity index (χ4v) is 3.83. The van der Waals surface area contributed by atoms with Crippen LogP contribution in [0, 0.1) is 0 Å². The molecule has 0 fully saturated rings. The maximum Gasteiger partial charge on any atom is 0.230 e. The summed E-state index contributed by atoms with van der Waals surface area (Å²) in [5, 5.41) is 8.60. The molecule has 0 N–H and O–H groups in total. The molecule has 0 bridgehead atoms. The quantitative estimate of drug-likeness (QED) is 0.856. The number of aromatic nitrogens is 3. The lowest BCUT2D eigenvalue weighted by atomic mass is 9.99. The lowest BCUT2D eigenvalue weighted by Crippen LogP contribution is -2.41. The topological polar surface area (TPSA) is 51.0 Å². The number of rotatable bonds is 2. The summed E-state index contributed by atoms with van der Waals surface area (Å²) >= 11 is 0. The highest BCUT2D eigenvalue weighted by molar-refractivity contribution is 5.85.